The van der Waals surface area contributed by atoms with Crippen molar-refractivity contribution in [2.75, 3.05) is 0 Å². The van der Waals surface area contributed by atoms with Crippen molar-refractivity contribution in [2.24, 2.45) is 0 Å². The van der Waals surface area contributed by atoms with Gasteiger partial charge in [-0.1, -0.05) is 76.6 Å². The molecule has 0 fully saturated rings. The maximum atomic E-state index is 2.34. The first kappa shape index (κ1) is 15.3. The van der Waals surface area contributed by atoms with E-state index in [1.807, 2.05) is 0 Å². The molecular weight excluding hydrogens is 216 g/mol. The third-order valence-corrected chi connectivity index (χ3v) is 3.92. The molecule has 0 aliphatic heterocycles. The molecule has 18 heavy (non-hydrogen) atoms. The maximum Gasteiger partial charge on any atom is -0.0159 e. The van der Waals surface area contributed by atoms with E-state index in [0.717, 1.165) is 5.92 Å². The number of rotatable bonds is 9. The van der Waals surface area contributed by atoms with Gasteiger partial charge in [0.1, 0.15) is 0 Å². The molecule has 0 aromatic heterocycles. The van der Waals surface area contributed by atoms with Crippen molar-refractivity contribution in [3.63, 3.8) is 0 Å². The lowest BCUT2D eigenvalue weighted by molar-refractivity contribution is 0.514. The number of benzene rings is 1. The molecule has 0 saturated heterocycles. The Bertz CT molecular complexity index is 314. The van der Waals surface area contributed by atoms with E-state index in [1.165, 1.54) is 56.9 Å². The van der Waals surface area contributed by atoms with E-state index in [-0.39, 0.29) is 0 Å². The first-order valence-electron chi connectivity index (χ1n) is 7.85. The van der Waals surface area contributed by atoms with E-state index in [0.29, 0.717) is 0 Å². The van der Waals surface area contributed by atoms with E-state index in [9.17, 15) is 0 Å². The summed E-state index contributed by atoms with van der Waals surface area (Å²) in [5.74, 6) is 0.790. The SMILES string of the molecule is CCCCCCCC(CCC)c1ccccc1C. The number of hydrogen-bond donors (Lipinski definition) is 0. The van der Waals surface area contributed by atoms with Crippen molar-refractivity contribution in [1.29, 1.82) is 0 Å². The Morgan fingerprint density at radius 3 is 2.22 bits per heavy atom. The smallest absolute Gasteiger partial charge is 0.0159 e. The molecule has 0 bridgehead atoms. The second kappa shape index (κ2) is 9.19. The van der Waals surface area contributed by atoms with Crippen LogP contribution in [0.4, 0.5) is 0 Å². The van der Waals surface area contributed by atoms with Crippen LogP contribution in [-0.2, 0) is 0 Å². The minimum Gasteiger partial charge on any atom is -0.0654 e. The van der Waals surface area contributed by atoms with Gasteiger partial charge in [0, 0.05) is 0 Å². The summed E-state index contributed by atoms with van der Waals surface area (Å²) < 4.78 is 0. The van der Waals surface area contributed by atoms with Crippen molar-refractivity contribution in [3.05, 3.63) is 35.4 Å². The Balaban J connectivity index is 2.47. The molecular formula is C18H30. The maximum absolute atomic E-state index is 2.34. The highest BCUT2D eigenvalue weighted by Crippen LogP contribution is 2.29. The fourth-order valence-corrected chi connectivity index (χ4v) is 2.84. The van der Waals surface area contributed by atoms with E-state index in [2.05, 4.69) is 45.0 Å². The summed E-state index contributed by atoms with van der Waals surface area (Å²) in [6.07, 6.45) is 11.0. The second-order valence-corrected chi connectivity index (χ2v) is 5.55. The number of aryl methyl sites for hydroxylation is 1. The summed E-state index contributed by atoms with van der Waals surface area (Å²) in [7, 11) is 0. The Kier molecular flexibility index (Phi) is 7.80. The first-order chi connectivity index (χ1) is 8.79. The minimum atomic E-state index is 0.790. The highest BCUT2D eigenvalue weighted by Gasteiger charge is 2.12. The fourth-order valence-electron chi connectivity index (χ4n) is 2.84. The molecule has 0 radical (unpaired) electrons. The zero-order valence-electron chi connectivity index (χ0n) is 12.5. The van der Waals surface area contributed by atoms with Gasteiger partial charge in [0.15, 0.2) is 0 Å². The molecule has 0 amide bonds. The summed E-state index contributed by atoms with van der Waals surface area (Å²) in [4.78, 5) is 0. The molecule has 1 unspecified atom stereocenters. The molecule has 0 N–H and O–H groups in total. The van der Waals surface area contributed by atoms with E-state index in [1.54, 1.807) is 5.56 Å². The van der Waals surface area contributed by atoms with Crippen LogP contribution < -0.4 is 0 Å². The van der Waals surface area contributed by atoms with Crippen molar-refractivity contribution in [2.45, 2.75) is 78.1 Å². The summed E-state index contributed by atoms with van der Waals surface area (Å²) in [6, 6.07) is 8.95. The van der Waals surface area contributed by atoms with Crippen LogP contribution in [0.1, 0.15) is 82.3 Å². The molecule has 102 valence electrons. The van der Waals surface area contributed by atoms with Crippen LogP contribution in [0.15, 0.2) is 24.3 Å². The zero-order valence-corrected chi connectivity index (χ0v) is 12.5. The molecule has 1 aromatic carbocycles. The van der Waals surface area contributed by atoms with Gasteiger partial charge in [-0.25, -0.2) is 0 Å². The van der Waals surface area contributed by atoms with Crippen LogP contribution in [0.5, 0.6) is 0 Å². The lowest BCUT2D eigenvalue weighted by Gasteiger charge is -2.18. The first-order valence-corrected chi connectivity index (χ1v) is 7.85. The average Bonchev–Trinajstić information content (AvgIpc) is 2.38. The van der Waals surface area contributed by atoms with Gasteiger partial charge in [-0.2, -0.15) is 0 Å². The monoisotopic (exact) mass is 246 g/mol. The van der Waals surface area contributed by atoms with Crippen LogP contribution in [-0.4, -0.2) is 0 Å². The third-order valence-electron chi connectivity index (χ3n) is 3.92. The van der Waals surface area contributed by atoms with Gasteiger partial charge < -0.3 is 0 Å². The predicted octanol–water partition coefficient (Wildman–Crippen LogP) is 6.24. The van der Waals surface area contributed by atoms with E-state index >= 15 is 0 Å². The average molecular weight is 246 g/mol. The van der Waals surface area contributed by atoms with Gasteiger partial charge in [-0.15, -0.1) is 0 Å². The molecule has 0 spiro atoms. The molecule has 0 heteroatoms. The number of hydrogen-bond acceptors (Lipinski definition) is 0. The third kappa shape index (κ3) is 5.25. The normalized spacial score (nSPS) is 12.6. The Hall–Kier alpha value is -0.780. The van der Waals surface area contributed by atoms with E-state index in [4.69, 9.17) is 0 Å². The van der Waals surface area contributed by atoms with Crippen LogP contribution in [0, 0.1) is 6.92 Å². The topological polar surface area (TPSA) is 0 Å². The van der Waals surface area contributed by atoms with Crippen LogP contribution >= 0.6 is 0 Å². The van der Waals surface area contributed by atoms with Gasteiger partial charge in [0.25, 0.3) is 0 Å². The fraction of sp³-hybridized carbons (Fsp3) is 0.667. The lowest BCUT2D eigenvalue weighted by atomic mass is 9.87. The zero-order chi connectivity index (χ0) is 13.2. The summed E-state index contributed by atoms with van der Waals surface area (Å²) >= 11 is 0. The largest absolute Gasteiger partial charge is 0.0654 e. The molecule has 1 rings (SSSR count). The summed E-state index contributed by atoms with van der Waals surface area (Å²) in [5.41, 5.74) is 3.07. The summed E-state index contributed by atoms with van der Waals surface area (Å²) in [6.45, 7) is 6.85. The Morgan fingerprint density at radius 2 is 1.56 bits per heavy atom. The van der Waals surface area contributed by atoms with Gasteiger partial charge >= 0.3 is 0 Å². The van der Waals surface area contributed by atoms with Gasteiger partial charge in [0.2, 0.25) is 0 Å². The van der Waals surface area contributed by atoms with Crippen molar-refractivity contribution < 1.29 is 0 Å². The molecule has 1 aromatic rings. The standard InChI is InChI=1S/C18H30/c1-4-6-7-8-9-14-17(12-5-2)18-15-11-10-13-16(18)3/h10-11,13,15,17H,4-9,12,14H2,1-3H3. The molecule has 0 heterocycles. The second-order valence-electron chi connectivity index (χ2n) is 5.55. The molecule has 0 nitrogen and oxygen atoms in total. The highest BCUT2D eigenvalue weighted by atomic mass is 14.2. The molecule has 1 atom stereocenters. The van der Waals surface area contributed by atoms with Gasteiger partial charge in [-0.05, 0) is 36.8 Å². The van der Waals surface area contributed by atoms with E-state index < -0.39 is 0 Å². The molecule has 0 aliphatic carbocycles. The molecule has 0 aliphatic rings. The summed E-state index contributed by atoms with van der Waals surface area (Å²) in [5, 5.41) is 0. The number of unbranched alkanes of at least 4 members (excludes halogenated alkanes) is 4. The Labute approximate surface area is 114 Å². The predicted molar refractivity (Wildman–Crippen MR) is 82.2 cm³/mol. The quantitative estimate of drug-likeness (QED) is 0.452. The van der Waals surface area contributed by atoms with Crippen molar-refractivity contribution in [3.8, 4) is 0 Å². The van der Waals surface area contributed by atoms with Gasteiger partial charge in [-0.3, -0.25) is 0 Å². The van der Waals surface area contributed by atoms with Crippen LogP contribution in [0.2, 0.25) is 0 Å². The van der Waals surface area contributed by atoms with Gasteiger partial charge in [0.05, 0.1) is 0 Å². The highest BCUT2D eigenvalue weighted by molar-refractivity contribution is 5.29. The minimum absolute atomic E-state index is 0.790. The van der Waals surface area contributed by atoms with Crippen molar-refractivity contribution in [1.82, 2.24) is 0 Å². The van der Waals surface area contributed by atoms with Crippen LogP contribution in [0.25, 0.3) is 0 Å². The molecule has 0 saturated carbocycles. The van der Waals surface area contributed by atoms with Crippen LogP contribution in [0.3, 0.4) is 0 Å². The van der Waals surface area contributed by atoms with Crippen molar-refractivity contribution >= 4 is 0 Å². The lowest BCUT2D eigenvalue weighted by Crippen LogP contribution is -2.01. The Morgan fingerprint density at radius 1 is 0.833 bits per heavy atom.